The third-order valence-corrected chi connectivity index (χ3v) is 0.642. The SMILES string of the molecule is CC(N)C(=O)OS. The minimum Gasteiger partial charge on any atom is -0.394 e. The number of hydrogen-bond acceptors (Lipinski definition) is 4. The molecule has 7 heavy (non-hydrogen) atoms. The molecule has 0 aromatic carbocycles. The molecule has 2 N–H and O–H groups in total. The normalized spacial score (nSPS) is 13.0. The Balaban J connectivity index is 3.35. The van der Waals surface area contributed by atoms with Gasteiger partial charge in [-0.25, -0.2) is 4.79 Å². The van der Waals surface area contributed by atoms with Crippen molar-refractivity contribution in [2.45, 2.75) is 13.0 Å². The molecule has 0 aromatic heterocycles. The average Bonchev–Trinajstić information content (AvgIpc) is 1.65. The fraction of sp³-hybridized carbons (Fsp3) is 0.667. The largest absolute Gasteiger partial charge is 0.394 e. The quantitative estimate of drug-likeness (QED) is 0.370. The van der Waals surface area contributed by atoms with Crippen LogP contribution in [0.5, 0.6) is 0 Å². The second-order valence-corrected chi connectivity index (χ2v) is 1.38. The van der Waals surface area contributed by atoms with Gasteiger partial charge in [0.2, 0.25) is 0 Å². The minimum absolute atomic E-state index is 0.511. The van der Waals surface area contributed by atoms with E-state index in [1.54, 1.807) is 0 Å². The summed E-state index contributed by atoms with van der Waals surface area (Å²) < 4.78 is 3.94. The molecular weight excluding hydrogens is 114 g/mol. The van der Waals surface area contributed by atoms with E-state index in [9.17, 15) is 4.79 Å². The van der Waals surface area contributed by atoms with Crippen molar-refractivity contribution in [3.63, 3.8) is 0 Å². The molecular formula is C3H7NO2S. The number of carbonyl (C=O) groups excluding carboxylic acids is 1. The lowest BCUT2D eigenvalue weighted by Gasteiger charge is -1.96. The van der Waals surface area contributed by atoms with E-state index in [1.807, 2.05) is 0 Å². The predicted molar refractivity (Wildman–Crippen MR) is 28.7 cm³/mol. The summed E-state index contributed by atoms with van der Waals surface area (Å²) in [7, 11) is 0. The predicted octanol–water partition coefficient (Wildman–Crippen LogP) is -0.278. The highest BCUT2D eigenvalue weighted by atomic mass is 32.1. The lowest BCUT2D eigenvalue weighted by molar-refractivity contribution is -0.133. The van der Waals surface area contributed by atoms with Crippen LogP contribution in [0.1, 0.15) is 6.92 Å². The molecule has 1 unspecified atom stereocenters. The number of thiol groups is 1. The van der Waals surface area contributed by atoms with Crippen LogP contribution in [0.3, 0.4) is 0 Å². The third-order valence-electron chi connectivity index (χ3n) is 0.462. The smallest absolute Gasteiger partial charge is 0.334 e. The molecule has 0 saturated carbocycles. The van der Waals surface area contributed by atoms with E-state index >= 15 is 0 Å². The maximum atomic E-state index is 10.1. The van der Waals surface area contributed by atoms with Gasteiger partial charge >= 0.3 is 5.97 Å². The van der Waals surface area contributed by atoms with Crippen LogP contribution >= 0.6 is 12.9 Å². The summed E-state index contributed by atoms with van der Waals surface area (Å²) >= 11 is 3.23. The fourth-order valence-electron chi connectivity index (χ4n) is 0.0831. The molecule has 0 heterocycles. The highest BCUT2D eigenvalue weighted by molar-refractivity contribution is 7.75. The van der Waals surface area contributed by atoms with Gasteiger partial charge in [-0.3, -0.25) is 0 Å². The van der Waals surface area contributed by atoms with Crippen LogP contribution in [-0.4, -0.2) is 12.0 Å². The van der Waals surface area contributed by atoms with Crippen molar-refractivity contribution in [1.29, 1.82) is 0 Å². The topological polar surface area (TPSA) is 52.3 Å². The van der Waals surface area contributed by atoms with Gasteiger partial charge in [-0.05, 0) is 6.92 Å². The minimum atomic E-state index is -0.572. The van der Waals surface area contributed by atoms with E-state index in [-0.39, 0.29) is 0 Å². The Bertz CT molecular complexity index is 73.3. The highest BCUT2D eigenvalue weighted by Gasteiger charge is 2.04. The van der Waals surface area contributed by atoms with E-state index in [0.717, 1.165) is 0 Å². The van der Waals surface area contributed by atoms with Crippen LogP contribution < -0.4 is 5.73 Å². The zero-order valence-electron chi connectivity index (χ0n) is 3.92. The molecule has 42 valence electrons. The third kappa shape index (κ3) is 2.47. The number of nitrogens with two attached hydrogens (primary N) is 1. The molecule has 0 spiro atoms. The van der Waals surface area contributed by atoms with Crippen LogP contribution in [0.4, 0.5) is 0 Å². The van der Waals surface area contributed by atoms with Gasteiger partial charge in [-0.15, -0.1) is 0 Å². The zero-order chi connectivity index (χ0) is 5.86. The highest BCUT2D eigenvalue weighted by Crippen LogP contribution is 1.84. The van der Waals surface area contributed by atoms with Gasteiger partial charge in [-0.2, -0.15) is 0 Å². The first-order valence-corrected chi connectivity index (χ1v) is 2.16. The van der Waals surface area contributed by atoms with Crippen molar-refractivity contribution < 1.29 is 8.98 Å². The van der Waals surface area contributed by atoms with E-state index in [2.05, 4.69) is 17.1 Å². The second-order valence-electron chi connectivity index (χ2n) is 1.20. The van der Waals surface area contributed by atoms with E-state index in [0.29, 0.717) is 0 Å². The van der Waals surface area contributed by atoms with Gasteiger partial charge < -0.3 is 9.92 Å². The van der Waals surface area contributed by atoms with Crippen LogP contribution in [0.2, 0.25) is 0 Å². The zero-order valence-corrected chi connectivity index (χ0v) is 4.81. The Morgan fingerprint density at radius 2 is 2.43 bits per heavy atom. The summed E-state index contributed by atoms with van der Waals surface area (Å²) in [4.78, 5) is 10.1. The molecule has 0 fully saturated rings. The molecule has 0 saturated heterocycles. The average molecular weight is 121 g/mol. The van der Waals surface area contributed by atoms with Gasteiger partial charge in [0.1, 0.15) is 6.04 Å². The summed E-state index contributed by atoms with van der Waals surface area (Å²) in [6.07, 6.45) is 0. The van der Waals surface area contributed by atoms with Gasteiger partial charge in [-0.1, -0.05) is 0 Å². The van der Waals surface area contributed by atoms with Crippen molar-refractivity contribution in [1.82, 2.24) is 0 Å². The number of rotatable bonds is 1. The first-order chi connectivity index (χ1) is 3.18. The van der Waals surface area contributed by atoms with Crippen molar-refractivity contribution in [3.8, 4) is 0 Å². The molecule has 0 rings (SSSR count). The molecule has 0 aliphatic heterocycles. The molecule has 0 bridgehead atoms. The van der Waals surface area contributed by atoms with Gasteiger partial charge in [0.15, 0.2) is 0 Å². The molecule has 0 aliphatic rings. The summed E-state index contributed by atoms with van der Waals surface area (Å²) in [6.45, 7) is 1.53. The molecule has 1 atom stereocenters. The van der Waals surface area contributed by atoms with E-state index in [4.69, 9.17) is 5.73 Å². The summed E-state index contributed by atoms with van der Waals surface area (Å²) in [5, 5.41) is 0. The van der Waals surface area contributed by atoms with E-state index < -0.39 is 12.0 Å². The number of hydrogen-bond donors (Lipinski definition) is 2. The summed E-state index contributed by atoms with van der Waals surface area (Å²) in [5.74, 6) is -0.511. The fourth-order valence-corrected chi connectivity index (χ4v) is 0.249. The second kappa shape index (κ2) is 2.87. The van der Waals surface area contributed by atoms with Crippen molar-refractivity contribution in [3.05, 3.63) is 0 Å². The molecule has 0 radical (unpaired) electrons. The van der Waals surface area contributed by atoms with Crippen LogP contribution in [0.15, 0.2) is 0 Å². The first-order valence-electron chi connectivity index (χ1n) is 1.79. The molecule has 4 heteroatoms. The summed E-state index contributed by atoms with van der Waals surface area (Å²) in [6, 6.07) is -0.572. The molecule has 0 amide bonds. The first kappa shape index (κ1) is 6.78. The van der Waals surface area contributed by atoms with Gasteiger partial charge in [0.25, 0.3) is 0 Å². The van der Waals surface area contributed by atoms with Crippen molar-refractivity contribution >= 4 is 18.9 Å². The Morgan fingerprint density at radius 1 is 2.00 bits per heavy atom. The Hall–Kier alpha value is -0.220. The van der Waals surface area contributed by atoms with Crippen LogP contribution in [0, 0.1) is 0 Å². The van der Waals surface area contributed by atoms with Crippen molar-refractivity contribution in [2.75, 3.05) is 0 Å². The standard InChI is InChI=1S/C3H7NO2S/c1-2(4)3(5)6-7/h2,7H,4H2,1H3. The Labute approximate surface area is 47.4 Å². The van der Waals surface area contributed by atoms with Crippen molar-refractivity contribution in [2.24, 2.45) is 5.73 Å². The number of carbonyl (C=O) groups is 1. The van der Waals surface area contributed by atoms with Crippen LogP contribution in [-0.2, 0) is 8.98 Å². The lowest BCUT2D eigenvalue weighted by atomic mass is 10.4. The maximum Gasteiger partial charge on any atom is 0.334 e. The maximum absolute atomic E-state index is 10.1. The monoisotopic (exact) mass is 121 g/mol. The molecule has 0 aliphatic carbocycles. The van der Waals surface area contributed by atoms with E-state index in [1.165, 1.54) is 6.92 Å². The van der Waals surface area contributed by atoms with Crippen LogP contribution in [0.25, 0.3) is 0 Å². The Morgan fingerprint density at radius 3 is 2.43 bits per heavy atom. The van der Waals surface area contributed by atoms with Gasteiger partial charge in [0.05, 0.1) is 0 Å². The molecule has 0 aromatic rings. The summed E-state index contributed by atoms with van der Waals surface area (Å²) in [5.41, 5.74) is 5.02. The molecule has 3 nitrogen and oxygen atoms in total. The Kier molecular flexibility index (Phi) is 2.78. The lowest BCUT2D eigenvalue weighted by Crippen LogP contribution is -2.26. The van der Waals surface area contributed by atoms with Gasteiger partial charge in [0, 0.05) is 12.9 Å².